The zero-order chi connectivity index (χ0) is 18.8. The van der Waals surface area contributed by atoms with Crippen LogP contribution in [0.2, 0.25) is 5.15 Å². The Balaban J connectivity index is 1.63. The van der Waals surface area contributed by atoms with E-state index in [0.29, 0.717) is 24.1 Å². The van der Waals surface area contributed by atoms with E-state index in [-0.39, 0.29) is 5.91 Å². The van der Waals surface area contributed by atoms with Crippen molar-refractivity contribution in [3.05, 3.63) is 71.1 Å². The highest BCUT2D eigenvalue weighted by molar-refractivity contribution is 6.29. The van der Waals surface area contributed by atoms with Crippen LogP contribution in [0.3, 0.4) is 0 Å². The molecule has 2 aromatic heterocycles. The number of fused-ring (bicyclic) bond motifs is 1. The second-order valence-corrected chi connectivity index (χ2v) is 6.82. The first kappa shape index (κ1) is 17.5. The highest BCUT2D eigenvalue weighted by Gasteiger charge is 2.24. The predicted octanol–water partition coefficient (Wildman–Crippen LogP) is 4.29. The minimum atomic E-state index is 0.134. The van der Waals surface area contributed by atoms with Crippen LogP contribution in [0.5, 0.6) is 5.88 Å². The van der Waals surface area contributed by atoms with Gasteiger partial charge < -0.3 is 9.64 Å². The standard InChI is InChI=1S/C21H18ClN3O2/c1-25-20(26)9-8-15-4-2-5-17(21(15)25)16-10-14(11-23-12-16)13-27-19-7-3-6-18(22)24-19/h2-7,10-12H,8-9,13H2,1H3. The summed E-state index contributed by atoms with van der Waals surface area (Å²) in [4.78, 5) is 22.4. The minimum absolute atomic E-state index is 0.134. The van der Waals surface area contributed by atoms with E-state index in [2.05, 4.69) is 16.0 Å². The van der Waals surface area contributed by atoms with Crippen LogP contribution in [0, 0.1) is 0 Å². The Bertz CT molecular complexity index is 1010. The van der Waals surface area contributed by atoms with E-state index in [9.17, 15) is 4.79 Å². The van der Waals surface area contributed by atoms with Gasteiger partial charge in [0.05, 0.1) is 5.69 Å². The smallest absolute Gasteiger partial charge is 0.227 e. The van der Waals surface area contributed by atoms with E-state index in [0.717, 1.165) is 28.8 Å². The number of aryl methyl sites for hydroxylation is 1. The van der Waals surface area contributed by atoms with Crippen LogP contribution in [-0.2, 0) is 17.8 Å². The first-order valence-electron chi connectivity index (χ1n) is 8.70. The first-order chi connectivity index (χ1) is 13.1. The fraction of sp³-hybridized carbons (Fsp3) is 0.190. The molecular weight excluding hydrogens is 362 g/mol. The fourth-order valence-electron chi connectivity index (χ4n) is 3.30. The van der Waals surface area contributed by atoms with Gasteiger partial charge in [0, 0.05) is 48.6 Å². The fourth-order valence-corrected chi connectivity index (χ4v) is 3.45. The number of pyridine rings is 2. The molecule has 0 unspecified atom stereocenters. The molecule has 0 N–H and O–H groups in total. The summed E-state index contributed by atoms with van der Waals surface area (Å²) >= 11 is 5.89. The van der Waals surface area contributed by atoms with Gasteiger partial charge in [-0.1, -0.05) is 35.9 Å². The lowest BCUT2D eigenvalue weighted by Gasteiger charge is -2.28. The summed E-state index contributed by atoms with van der Waals surface area (Å²) in [6, 6.07) is 13.4. The molecular formula is C21H18ClN3O2. The number of rotatable bonds is 4. The van der Waals surface area contributed by atoms with Gasteiger partial charge in [-0.25, -0.2) is 4.98 Å². The van der Waals surface area contributed by atoms with Crippen LogP contribution in [0.15, 0.2) is 54.9 Å². The van der Waals surface area contributed by atoms with Crippen molar-refractivity contribution >= 4 is 23.2 Å². The summed E-state index contributed by atoms with van der Waals surface area (Å²) in [6.45, 7) is 0.331. The maximum atomic E-state index is 12.2. The predicted molar refractivity (Wildman–Crippen MR) is 105 cm³/mol. The maximum Gasteiger partial charge on any atom is 0.227 e. The molecule has 3 heterocycles. The molecule has 1 aliphatic rings. The average Bonchev–Trinajstić information content (AvgIpc) is 2.69. The van der Waals surface area contributed by atoms with Crippen molar-refractivity contribution in [1.29, 1.82) is 0 Å². The van der Waals surface area contributed by atoms with Gasteiger partial charge >= 0.3 is 0 Å². The molecule has 27 heavy (non-hydrogen) atoms. The molecule has 0 spiro atoms. The zero-order valence-electron chi connectivity index (χ0n) is 14.9. The number of carbonyl (C=O) groups excluding carboxylic acids is 1. The lowest BCUT2D eigenvalue weighted by Crippen LogP contribution is -2.31. The van der Waals surface area contributed by atoms with Gasteiger partial charge in [-0.3, -0.25) is 9.78 Å². The van der Waals surface area contributed by atoms with Crippen LogP contribution in [0.25, 0.3) is 11.1 Å². The number of nitrogens with zero attached hydrogens (tertiary/aromatic N) is 3. The van der Waals surface area contributed by atoms with Crippen LogP contribution >= 0.6 is 11.6 Å². The molecule has 6 heteroatoms. The third kappa shape index (κ3) is 3.64. The molecule has 0 atom stereocenters. The van der Waals surface area contributed by atoms with Crippen LogP contribution in [0.4, 0.5) is 5.69 Å². The molecule has 1 aliphatic heterocycles. The van der Waals surface area contributed by atoms with Gasteiger partial charge in [0.2, 0.25) is 11.8 Å². The van der Waals surface area contributed by atoms with Crippen molar-refractivity contribution in [3.63, 3.8) is 0 Å². The van der Waals surface area contributed by atoms with Gasteiger partial charge in [-0.05, 0) is 24.1 Å². The Kier molecular flexibility index (Phi) is 4.77. The topological polar surface area (TPSA) is 55.3 Å². The Morgan fingerprint density at radius 3 is 2.85 bits per heavy atom. The van der Waals surface area contributed by atoms with Crippen LogP contribution < -0.4 is 9.64 Å². The molecule has 0 bridgehead atoms. The normalized spacial score (nSPS) is 13.4. The van der Waals surface area contributed by atoms with E-state index < -0.39 is 0 Å². The first-order valence-corrected chi connectivity index (χ1v) is 9.08. The number of ether oxygens (including phenoxy) is 1. The van der Waals surface area contributed by atoms with Gasteiger partial charge in [0.15, 0.2) is 0 Å². The molecule has 0 saturated carbocycles. The number of para-hydroxylation sites is 1. The second kappa shape index (κ2) is 7.37. The minimum Gasteiger partial charge on any atom is -0.473 e. The zero-order valence-corrected chi connectivity index (χ0v) is 15.6. The summed E-state index contributed by atoms with van der Waals surface area (Å²) in [6.07, 6.45) is 4.89. The van der Waals surface area contributed by atoms with Gasteiger partial charge in [-0.2, -0.15) is 0 Å². The number of halogens is 1. The van der Waals surface area contributed by atoms with E-state index in [4.69, 9.17) is 16.3 Å². The average molecular weight is 380 g/mol. The number of aromatic nitrogens is 2. The SMILES string of the molecule is CN1C(=O)CCc2cccc(-c3cncc(COc4cccc(Cl)n4)c3)c21. The summed E-state index contributed by atoms with van der Waals surface area (Å²) in [5.41, 5.74) is 5.01. The van der Waals surface area contributed by atoms with Crippen LogP contribution in [0.1, 0.15) is 17.5 Å². The van der Waals surface area contributed by atoms with E-state index in [1.165, 1.54) is 5.56 Å². The summed E-state index contributed by atoms with van der Waals surface area (Å²) < 4.78 is 5.71. The highest BCUT2D eigenvalue weighted by atomic mass is 35.5. The van der Waals surface area contributed by atoms with Crippen molar-refractivity contribution in [2.75, 3.05) is 11.9 Å². The van der Waals surface area contributed by atoms with E-state index >= 15 is 0 Å². The summed E-state index contributed by atoms with van der Waals surface area (Å²) in [7, 11) is 1.83. The Morgan fingerprint density at radius 2 is 2.00 bits per heavy atom. The van der Waals surface area contributed by atoms with Gasteiger partial charge in [0.1, 0.15) is 11.8 Å². The number of hydrogen-bond donors (Lipinski definition) is 0. The largest absolute Gasteiger partial charge is 0.473 e. The Labute approximate surface area is 162 Å². The van der Waals surface area contributed by atoms with Gasteiger partial charge in [0.25, 0.3) is 0 Å². The molecule has 1 amide bonds. The molecule has 0 radical (unpaired) electrons. The number of benzene rings is 1. The number of amides is 1. The molecule has 0 aliphatic carbocycles. The maximum absolute atomic E-state index is 12.2. The molecule has 3 aromatic rings. The molecule has 0 fully saturated rings. The van der Waals surface area contributed by atoms with Gasteiger partial charge in [-0.15, -0.1) is 0 Å². The van der Waals surface area contributed by atoms with Crippen LogP contribution in [-0.4, -0.2) is 22.9 Å². The van der Waals surface area contributed by atoms with Crippen molar-refractivity contribution in [2.24, 2.45) is 0 Å². The van der Waals surface area contributed by atoms with Crippen molar-refractivity contribution in [3.8, 4) is 17.0 Å². The molecule has 0 saturated heterocycles. The summed E-state index contributed by atoms with van der Waals surface area (Å²) in [5.74, 6) is 0.602. The number of carbonyl (C=O) groups is 1. The molecule has 5 nitrogen and oxygen atoms in total. The second-order valence-electron chi connectivity index (χ2n) is 6.44. The molecule has 4 rings (SSSR count). The third-order valence-corrected chi connectivity index (χ3v) is 4.83. The van der Waals surface area contributed by atoms with E-state index in [1.807, 2.05) is 31.4 Å². The highest BCUT2D eigenvalue weighted by Crippen LogP contribution is 2.37. The quantitative estimate of drug-likeness (QED) is 0.635. The van der Waals surface area contributed by atoms with Crippen molar-refractivity contribution < 1.29 is 9.53 Å². The monoisotopic (exact) mass is 379 g/mol. The Morgan fingerprint density at radius 1 is 1.15 bits per heavy atom. The van der Waals surface area contributed by atoms with E-state index in [1.54, 1.807) is 29.3 Å². The van der Waals surface area contributed by atoms with Crippen molar-refractivity contribution in [2.45, 2.75) is 19.4 Å². The third-order valence-electron chi connectivity index (χ3n) is 4.62. The lowest BCUT2D eigenvalue weighted by molar-refractivity contribution is -0.118. The number of hydrogen-bond acceptors (Lipinski definition) is 4. The summed E-state index contributed by atoms with van der Waals surface area (Å²) in [5, 5.41) is 0.392. The lowest BCUT2D eigenvalue weighted by atomic mass is 9.94. The Hall–Kier alpha value is -2.92. The molecule has 136 valence electrons. The van der Waals surface area contributed by atoms with Crippen molar-refractivity contribution in [1.82, 2.24) is 9.97 Å². The number of anilines is 1. The molecule has 1 aromatic carbocycles.